The van der Waals surface area contributed by atoms with Crippen molar-refractivity contribution < 1.29 is 9.59 Å². The Hall–Kier alpha value is -2.84. The monoisotopic (exact) mass is 441 g/mol. The molecule has 0 radical (unpaired) electrons. The van der Waals surface area contributed by atoms with Gasteiger partial charge in [0.2, 0.25) is 5.91 Å². The summed E-state index contributed by atoms with van der Waals surface area (Å²) >= 11 is 7.29. The fourth-order valence-electron chi connectivity index (χ4n) is 3.70. The van der Waals surface area contributed by atoms with Gasteiger partial charge in [-0.05, 0) is 60.3 Å². The van der Waals surface area contributed by atoms with E-state index in [0.29, 0.717) is 16.3 Å². The SMILES string of the molecule is O=C(NC1CCCC1)C(c1ccncc1)N(C(=O)c1csnn1)c1cccc(Cl)c1. The largest absolute Gasteiger partial charge is 0.351 e. The third-order valence-corrected chi connectivity index (χ3v) is 5.85. The molecule has 0 aliphatic heterocycles. The zero-order valence-electron chi connectivity index (χ0n) is 16.1. The Kier molecular flexibility index (Phi) is 6.35. The molecule has 3 aromatic rings. The van der Waals surface area contributed by atoms with Crippen LogP contribution in [0.1, 0.15) is 47.8 Å². The molecule has 0 spiro atoms. The van der Waals surface area contributed by atoms with Crippen LogP contribution >= 0.6 is 23.1 Å². The summed E-state index contributed by atoms with van der Waals surface area (Å²) in [5.41, 5.74) is 1.33. The predicted octanol–water partition coefficient (Wildman–Crippen LogP) is 4.03. The van der Waals surface area contributed by atoms with Crippen molar-refractivity contribution in [2.75, 3.05) is 4.90 Å². The van der Waals surface area contributed by atoms with Crippen LogP contribution in [0, 0.1) is 0 Å². The van der Waals surface area contributed by atoms with Crippen molar-refractivity contribution in [3.63, 3.8) is 0 Å². The molecular weight excluding hydrogens is 422 g/mol. The zero-order valence-corrected chi connectivity index (χ0v) is 17.6. The number of aromatic nitrogens is 3. The van der Waals surface area contributed by atoms with E-state index in [4.69, 9.17) is 11.6 Å². The molecule has 9 heteroatoms. The number of benzene rings is 1. The molecule has 1 saturated carbocycles. The number of nitrogens with one attached hydrogen (secondary N) is 1. The average molecular weight is 442 g/mol. The molecule has 1 aliphatic carbocycles. The van der Waals surface area contributed by atoms with Gasteiger partial charge in [0, 0.05) is 34.5 Å². The summed E-state index contributed by atoms with van der Waals surface area (Å²) in [5.74, 6) is -0.668. The number of hydrogen-bond donors (Lipinski definition) is 1. The van der Waals surface area contributed by atoms with Crippen molar-refractivity contribution in [1.29, 1.82) is 0 Å². The van der Waals surface area contributed by atoms with Gasteiger partial charge < -0.3 is 5.32 Å². The smallest absolute Gasteiger partial charge is 0.280 e. The highest BCUT2D eigenvalue weighted by Gasteiger charge is 2.35. The normalized spacial score (nSPS) is 15.0. The topological polar surface area (TPSA) is 88.1 Å². The minimum Gasteiger partial charge on any atom is -0.351 e. The van der Waals surface area contributed by atoms with Gasteiger partial charge in [0.25, 0.3) is 5.91 Å². The average Bonchev–Trinajstić information content (AvgIpc) is 3.46. The molecular formula is C21H20ClN5O2S. The Labute approximate surface area is 183 Å². The minimum atomic E-state index is -0.902. The van der Waals surface area contributed by atoms with E-state index in [9.17, 15) is 9.59 Å². The molecule has 1 aromatic carbocycles. The first-order valence-corrected chi connectivity index (χ1v) is 10.9. The quantitative estimate of drug-likeness (QED) is 0.623. The van der Waals surface area contributed by atoms with E-state index in [0.717, 1.165) is 37.2 Å². The Morgan fingerprint density at radius 1 is 1.17 bits per heavy atom. The first-order chi connectivity index (χ1) is 14.6. The second-order valence-electron chi connectivity index (χ2n) is 7.12. The molecule has 0 bridgehead atoms. The third kappa shape index (κ3) is 4.49. The van der Waals surface area contributed by atoms with Gasteiger partial charge in [0.05, 0.1) is 0 Å². The molecule has 7 nitrogen and oxygen atoms in total. The van der Waals surface area contributed by atoms with Gasteiger partial charge in [-0.2, -0.15) is 0 Å². The van der Waals surface area contributed by atoms with Crippen LogP contribution in [-0.4, -0.2) is 32.4 Å². The molecule has 4 rings (SSSR count). The lowest BCUT2D eigenvalue weighted by atomic mass is 10.0. The molecule has 0 saturated heterocycles. The summed E-state index contributed by atoms with van der Waals surface area (Å²) in [4.78, 5) is 32.4. The van der Waals surface area contributed by atoms with Gasteiger partial charge in [-0.3, -0.25) is 19.5 Å². The number of carbonyl (C=O) groups is 2. The van der Waals surface area contributed by atoms with Crippen LogP contribution in [0.5, 0.6) is 0 Å². The number of halogens is 1. The van der Waals surface area contributed by atoms with Crippen molar-refractivity contribution in [1.82, 2.24) is 19.9 Å². The van der Waals surface area contributed by atoms with E-state index < -0.39 is 11.9 Å². The molecule has 1 atom stereocenters. The zero-order chi connectivity index (χ0) is 20.9. The van der Waals surface area contributed by atoms with Gasteiger partial charge in [-0.25, -0.2) is 0 Å². The summed E-state index contributed by atoms with van der Waals surface area (Å²) in [5, 5.41) is 9.08. The summed E-state index contributed by atoms with van der Waals surface area (Å²) in [6.45, 7) is 0. The van der Waals surface area contributed by atoms with Gasteiger partial charge >= 0.3 is 0 Å². The molecule has 2 amide bonds. The Bertz CT molecular complexity index is 1010. The molecule has 1 N–H and O–H groups in total. The number of anilines is 1. The Morgan fingerprint density at radius 2 is 1.93 bits per heavy atom. The Morgan fingerprint density at radius 3 is 2.60 bits per heavy atom. The van der Waals surface area contributed by atoms with Crippen molar-refractivity contribution in [3.05, 3.63) is 70.5 Å². The molecule has 2 heterocycles. The van der Waals surface area contributed by atoms with Crippen LogP contribution < -0.4 is 10.2 Å². The van der Waals surface area contributed by atoms with E-state index in [1.165, 1.54) is 4.90 Å². The van der Waals surface area contributed by atoms with Gasteiger partial charge in [0.1, 0.15) is 6.04 Å². The number of amides is 2. The second kappa shape index (κ2) is 9.32. The lowest BCUT2D eigenvalue weighted by molar-refractivity contribution is -0.123. The molecule has 1 aliphatic rings. The van der Waals surface area contributed by atoms with Crippen LogP contribution in [0.2, 0.25) is 5.02 Å². The maximum atomic E-state index is 13.5. The summed E-state index contributed by atoms with van der Waals surface area (Å²) < 4.78 is 3.80. The fraction of sp³-hybridized carbons (Fsp3) is 0.286. The van der Waals surface area contributed by atoms with Crippen molar-refractivity contribution in [2.45, 2.75) is 37.8 Å². The van der Waals surface area contributed by atoms with Crippen LogP contribution in [0.15, 0.2) is 54.2 Å². The number of carbonyl (C=O) groups excluding carboxylic acids is 2. The number of hydrogen-bond acceptors (Lipinski definition) is 6. The van der Waals surface area contributed by atoms with E-state index in [1.807, 2.05) is 0 Å². The molecule has 1 fully saturated rings. The van der Waals surface area contributed by atoms with Crippen LogP contribution in [0.4, 0.5) is 5.69 Å². The number of rotatable bonds is 6. The van der Waals surface area contributed by atoms with Crippen LogP contribution in [0.25, 0.3) is 0 Å². The second-order valence-corrected chi connectivity index (χ2v) is 8.16. The highest BCUT2D eigenvalue weighted by Crippen LogP contribution is 2.31. The summed E-state index contributed by atoms with van der Waals surface area (Å²) in [7, 11) is 0. The van der Waals surface area contributed by atoms with Crippen LogP contribution in [-0.2, 0) is 4.79 Å². The standard InChI is InChI=1S/C21H20ClN5O2S/c22-15-4-3-7-17(12-15)27(21(29)18-13-30-26-25-18)19(14-8-10-23-11-9-14)20(28)24-16-5-1-2-6-16/h3-4,7-13,16,19H,1-2,5-6H2,(H,24,28). The molecule has 2 aromatic heterocycles. The predicted molar refractivity (Wildman–Crippen MR) is 116 cm³/mol. The number of pyridine rings is 1. The minimum absolute atomic E-state index is 0.110. The molecule has 30 heavy (non-hydrogen) atoms. The third-order valence-electron chi connectivity index (χ3n) is 5.11. The maximum absolute atomic E-state index is 13.5. The van der Waals surface area contributed by atoms with Crippen LogP contribution in [0.3, 0.4) is 0 Å². The van der Waals surface area contributed by atoms with Crippen molar-refractivity contribution in [3.8, 4) is 0 Å². The summed E-state index contributed by atoms with van der Waals surface area (Å²) in [6.07, 6.45) is 7.27. The lowest BCUT2D eigenvalue weighted by Gasteiger charge is -2.31. The van der Waals surface area contributed by atoms with E-state index in [-0.39, 0.29) is 17.6 Å². The van der Waals surface area contributed by atoms with Gasteiger partial charge in [0.15, 0.2) is 5.69 Å². The Balaban J connectivity index is 1.79. The van der Waals surface area contributed by atoms with E-state index in [2.05, 4.69) is 19.9 Å². The van der Waals surface area contributed by atoms with Crippen molar-refractivity contribution >= 4 is 40.6 Å². The highest BCUT2D eigenvalue weighted by atomic mass is 35.5. The van der Waals surface area contributed by atoms with E-state index >= 15 is 0 Å². The first kappa shape index (κ1) is 20.4. The molecule has 1 unspecified atom stereocenters. The lowest BCUT2D eigenvalue weighted by Crippen LogP contribution is -2.46. The van der Waals surface area contributed by atoms with Crippen molar-refractivity contribution in [2.24, 2.45) is 0 Å². The van der Waals surface area contributed by atoms with E-state index in [1.54, 1.807) is 54.2 Å². The maximum Gasteiger partial charge on any atom is 0.280 e. The summed E-state index contributed by atoms with van der Waals surface area (Å²) in [6, 6.07) is 9.57. The number of nitrogens with zero attached hydrogens (tertiary/aromatic N) is 4. The van der Waals surface area contributed by atoms with Gasteiger partial charge in [-0.1, -0.05) is 35.0 Å². The molecule has 154 valence electrons. The highest BCUT2D eigenvalue weighted by molar-refractivity contribution is 7.03. The van der Waals surface area contributed by atoms with Gasteiger partial charge in [-0.15, -0.1) is 5.10 Å². The first-order valence-electron chi connectivity index (χ1n) is 9.70. The fourth-order valence-corrected chi connectivity index (χ4v) is 4.32.